The summed E-state index contributed by atoms with van der Waals surface area (Å²) in [5.41, 5.74) is 0.0462. The molecule has 1 aliphatic rings. The van der Waals surface area contributed by atoms with E-state index in [2.05, 4.69) is 15.5 Å². The van der Waals surface area contributed by atoms with E-state index < -0.39 is 0 Å². The number of nitrogens with one attached hydrogen (secondary N) is 2. The first-order valence-electron chi connectivity index (χ1n) is 6.80. The minimum atomic E-state index is -0.378. The molecule has 0 saturated carbocycles. The number of amides is 1. The first kappa shape index (κ1) is 16.4. The summed E-state index contributed by atoms with van der Waals surface area (Å²) in [6.45, 7) is 5.08. The van der Waals surface area contributed by atoms with Crippen molar-refractivity contribution in [3.63, 3.8) is 0 Å². The minimum absolute atomic E-state index is 0.0462. The highest BCUT2D eigenvalue weighted by atomic mass is 16.5. The summed E-state index contributed by atoms with van der Waals surface area (Å²) in [6.07, 6.45) is 1.97. The van der Waals surface area contributed by atoms with E-state index in [0.29, 0.717) is 19.5 Å². The van der Waals surface area contributed by atoms with Crippen molar-refractivity contribution in [2.24, 2.45) is 0 Å². The van der Waals surface area contributed by atoms with Gasteiger partial charge in [0.25, 0.3) is 5.91 Å². The van der Waals surface area contributed by atoms with E-state index in [1.165, 1.54) is 6.20 Å². The fraction of sp³-hybridized carbons (Fsp3) is 0.692. The summed E-state index contributed by atoms with van der Waals surface area (Å²) in [4.78, 5) is 14.0. The number of hydrogen-bond donors (Lipinski definition) is 3. The quantitative estimate of drug-likeness (QED) is 0.294. The average Bonchev–Trinajstić information content (AvgIpc) is 2.48. The molecule has 0 bridgehead atoms. The zero-order valence-corrected chi connectivity index (χ0v) is 11.6. The van der Waals surface area contributed by atoms with Crippen LogP contribution in [0.5, 0.6) is 0 Å². The van der Waals surface area contributed by atoms with Crippen molar-refractivity contribution in [2.45, 2.75) is 6.42 Å². The second-order valence-electron chi connectivity index (χ2n) is 4.41. The SMILES string of the molecule is N#C/C(=C/NCCCO)C(=O)NCCN1CCOCC1. The summed E-state index contributed by atoms with van der Waals surface area (Å²) in [5, 5.41) is 23.1. The standard InChI is InChI=1S/C13H22N4O3/c14-10-12(11-15-2-1-7-18)13(19)16-3-4-17-5-8-20-9-6-17/h11,15,18H,1-9H2,(H,16,19)/b12-11-. The highest BCUT2D eigenvalue weighted by Crippen LogP contribution is 1.95. The number of nitrogens with zero attached hydrogens (tertiary/aromatic N) is 2. The van der Waals surface area contributed by atoms with Crippen molar-refractivity contribution in [1.29, 1.82) is 5.26 Å². The Morgan fingerprint density at radius 3 is 2.80 bits per heavy atom. The third-order valence-corrected chi connectivity index (χ3v) is 2.91. The number of carbonyl (C=O) groups excluding carboxylic acids is 1. The van der Waals surface area contributed by atoms with E-state index >= 15 is 0 Å². The maximum absolute atomic E-state index is 11.7. The Bertz CT molecular complexity index is 359. The lowest BCUT2D eigenvalue weighted by molar-refractivity contribution is -0.117. The van der Waals surface area contributed by atoms with Crippen molar-refractivity contribution >= 4 is 5.91 Å². The molecule has 0 aromatic heterocycles. The van der Waals surface area contributed by atoms with Gasteiger partial charge in [0.2, 0.25) is 0 Å². The molecule has 7 heteroatoms. The van der Waals surface area contributed by atoms with Gasteiger partial charge in [0, 0.05) is 45.5 Å². The highest BCUT2D eigenvalue weighted by Gasteiger charge is 2.11. The Balaban J connectivity index is 2.23. The molecule has 0 aliphatic carbocycles. The van der Waals surface area contributed by atoms with E-state index in [9.17, 15) is 4.79 Å². The van der Waals surface area contributed by atoms with Crippen LogP contribution in [0.1, 0.15) is 6.42 Å². The fourth-order valence-corrected chi connectivity index (χ4v) is 1.75. The zero-order chi connectivity index (χ0) is 14.6. The third kappa shape index (κ3) is 6.52. The average molecular weight is 282 g/mol. The van der Waals surface area contributed by atoms with Crippen LogP contribution < -0.4 is 10.6 Å². The molecule has 1 heterocycles. The molecule has 1 amide bonds. The normalized spacial score (nSPS) is 16.5. The van der Waals surface area contributed by atoms with Gasteiger partial charge in [0.05, 0.1) is 13.2 Å². The van der Waals surface area contributed by atoms with Crippen molar-refractivity contribution < 1.29 is 14.6 Å². The molecule has 1 fully saturated rings. The van der Waals surface area contributed by atoms with Crippen molar-refractivity contribution in [1.82, 2.24) is 15.5 Å². The van der Waals surface area contributed by atoms with Gasteiger partial charge in [-0.15, -0.1) is 0 Å². The molecule has 0 aromatic rings. The zero-order valence-electron chi connectivity index (χ0n) is 11.6. The minimum Gasteiger partial charge on any atom is -0.396 e. The van der Waals surface area contributed by atoms with E-state index in [1.807, 2.05) is 6.07 Å². The van der Waals surface area contributed by atoms with Crippen LogP contribution >= 0.6 is 0 Å². The fourth-order valence-electron chi connectivity index (χ4n) is 1.75. The number of ether oxygens (including phenoxy) is 1. The van der Waals surface area contributed by atoms with Crippen LogP contribution in [0, 0.1) is 11.3 Å². The number of aliphatic hydroxyl groups is 1. The van der Waals surface area contributed by atoms with Crippen LogP contribution in [0.15, 0.2) is 11.8 Å². The molecule has 20 heavy (non-hydrogen) atoms. The molecule has 1 saturated heterocycles. The van der Waals surface area contributed by atoms with Crippen LogP contribution in [0.25, 0.3) is 0 Å². The summed E-state index contributed by atoms with van der Waals surface area (Å²) in [6, 6.07) is 1.86. The lowest BCUT2D eigenvalue weighted by Crippen LogP contribution is -2.41. The molecule has 7 nitrogen and oxygen atoms in total. The van der Waals surface area contributed by atoms with Crippen molar-refractivity contribution in [2.75, 3.05) is 52.5 Å². The number of morpholine rings is 1. The Kier molecular flexibility index (Phi) is 8.38. The number of carbonyl (C=O) groups is 1. The number of nitriles is 1. The third-order valence-electron chi connectivity index (χ3n) is 2.91. The van der Waals surface area contributed by atoms with E-state index in [4.69, 9.17) is 15.1 Å². The summed E-state index contributed by atoms with van der Waals surface area (Å²) in [7, 11) is 0. The Labute approximate surface area is 119 Å². The molecular formula is C13H22N4O3. The van der Waals surface area contributed by atoms with Crippen molar-refractivity contribution in [3.05, 3.63) is 11.8 Å². The molecule has 3 N–H and O–H groups in total. The molecule has 0 aromatic carbocycles. The van der Waals surface area contributed by atoms with Gasteiger partial charge in [0.15, 0.2) is 0 Å². The van der Waals surface area contributed by atoms with E-state index in [0.717, 1.165) is 32.8 Å². The van der Waals surface area contributed by atoms with E-state index in [-0.39, 0.29) is 18.1 Å². The summed E-state index contributed by atoms with van der Waals surface area (Å²) in [5.74, 6) is -0.378. The Hall–Kier alpha value is -1.62. The molecule has 0 unspecified atom stereocenters. The highest BCUT2D eigenvalue weighted by molar-refractivity contribution is 5.97. The van der Waals surface area contributed by atoms with Crippen LogP contribution in [-0.2, 0) is 9.53 Å². The predicted molar refractivity (Wildman–Crippen MR) is 73.7 cm³/mol. The topological polar surface area (TPSA) is 97.6 Å². The smallest absolute Gasteiger partial charge is 0.263 e. The van der Waals surface area contributed by atoms with Gasteiger partial charge in [-0.3, -0.25) is 9.69 Å². The Morgan fingerprint density at radius 1 is 1.40 bits per heavy atom. The predicted octanol–water partition coefficient (Wildman–Crippen LogP) is -1.19. The monoisotopic (exact) mass is 282 g/mol. The maximum atomic E-state index is 11.7. The Morgan fingerprint density at radius 2 is 2.15 bits per heavy atom. The van der Waals surface area contributed by atoms with Crippen LogP contribution in [0.4, 0.5) is 0 Å². The van der Waals surface area contributed by atoms with Gasteiger partial charge in [-0.2, -0.15) is 5.26 Å². The largest absolute Gasteiger partial charge is 0.396 e. The number of aliphatic hydroxyl groups excluding tert-OH is 1. The second-order valence-corrected chi connectivity index (χ2v) is 4.41. The molecular weight excluding hydrogens is 260 g/mol. The molecule has 0 radical (unpaired) electrons. The van der Waals surface area contributed by atoms with Gasteiger partial charge in [-0.25, -0.2) is 0 Å². The molecule has 0 atom stereocenters. The summed E-state index contributed by atoms with van der Waals surface area (Å²) >= 11 is 0. The number of hydrogen-bond acceptors (Lipinski definition) is 6. The van der Waals surface area contributed by atoms with Gasteiger partial charge < -0.3 is 20.5 Å². The maximum Gasteiger partial charge on any atom is 0.263 e. The van der Waals surface area contributed by atoms with Crippen LogP contribution in [-0.4, -0.2) is 68.5 Å². The molecule has 0 spiro atoms. The van der Waals surface area contributed by atoms with Gasteiger partial charge in [-0.1, -0.05) is 0 Å². The lowest BCUT2D eigenvalue weighted by Gasteiger charge is -2.26. The van der Waals surface area contributed by atoms with Crippen molar-refractivity contribution in [3.8, 4) is 6.07 Å². The first-order chi connectivity index (χ1) is 9.77. The molecule has 112 valence electrons. The summed E-state index contributed by atoms with van der Waals surface area (Å²) < 4.78 is 5.24. The van der Waals surface area contributed by atoms with E-state index in [1.54, 1.807) is 0 Å². The molecule has 1 rings (SSSR count). The lowest BCUT2D eigenvalue weighted by atomic mass is 10.3. The van der Waals surface area contributed by atoms with Crippen LogP contribution in [0.2, 0.25) is 0 Å². The van der Waals surface area contributed by atoms with Gasteiger partial charge >= 0.3 is 0 Å². The number of rotatable bonds is 8. The second kappa shape index (κ2) is 10.2. The molecule has 1 aliphatic heterocycles. The van der Waals surface area contributed by atoms with Gasteiger partial charge in [0.1, 0.15) is 11.6 Å². The van der Waals surface area contributed by atoms with Gasteiger partial charge in [-0.05, 0) is 6.42 Å². The first-order valence-corrected chi connectivity index (χ1v) is 6.80. The van der Waals surface area contributed by atoms with Crippen LogP contribution in [0.3, 0.4) is 0 Å².